The van der Waals surface area contributed by atoms with Gasteiger partial charge in [0.05, 0.1) is 0 Å². The average molecular weight is 231 g/mol. The molecule has 2 rings (SSSR count). The molecule has 0 amide bonds. The van der Waals surface area contributed by atoms with E-state index in [-0.39, 0.29) is 0 Å². The first-order valence-corrected chi connectivity index (χ1v) is 6.51. The molecule has 2 heteroatoms. The lowest BCUT2D eigenvalue weighted by molar-refractivity contribution is -0.119. The van der Waals surface area contributed by atoms with Gasteiger partial charge in [-0.1, -0.05) is 32.0 Å². The zero-order valence-electron chi connectivity index (χ0n) is 10.8. The first kappa shape index (κ1) is 12.2. The van der Waals surface area contributed by atoms with Gasteiger partial charge < -0.3 is 4.90 Å². The summed E-state index contributed by atoms with van der Waals surface area (Å²) in [6.45, 7) is 6.26. The van der Waals surface area contributed by atoms with Gasteiger partial charge >= 0.3 is 0 Å². The van der Waals surface area contributed by atoms with Crippen LogP contribution in [0.5, 0.6) is 0 Å². The predicted molar refractivity (Wildman–Crippen MR) is 71.4 cm³/mol. The molecule has 0 bridgehead atoms. The van der Waals surface area contributed by atoms with Crippen LogP contribution in [0.4, 0.5) is 5.69 Å². The Morgan fingerprint density at radius 3 is 2.47 bits per heavy atom. The highest BCUT2D eigenvalue weighted by Gasteiger charge is 2.18. The zero-order valence-corrected chi connectivity index (χ0v) is 10.8. The summed E-state index contributed by atoms with van der Waals surface area (Å²) in [6.07, 6.45) is 2.52. The predicted octanol–water partition coefficient (Wildman–Crippen LogP) is 3.05. The summed E-state index contributed by atoms with van der Waals surface area (Å²) in [7, 11) is 0. The van der Waals surface area contributed by atoms with Crippen molar-refractivity contribution in [2.24, 2.45) is 5.92 Å². The molecule has 0 radical (unpaired) electrons. The lowest BCUT2D eigenvalue weighted by Crippen LogP contribution is -2.34. The summed E-state index contributed by atoms with van der Waals surface area (Å²) in [5.41, 5.74) is 2.74. The molecular weight excluding hydrogens is 210 g/mol. The molecule has 0 unspecified atom stereocenters. The highest BCUT2D eigenvalue weighted by Crippen LogP contribution is 2.25. The van der Waals surface area contributed by atoms with Gasteiger partial charge in [0.1, 0.15) is 5.78 Å². The zero-order chi connectivity index (χ0) is 12.3. The first-order valence-electron chi connectivity index (χ1n) is 6.51. The first-order chi connectivity index (χ1) is 8.16. The average Bonchev–Trinajstić information content (AvgIpc) is 2.30. The minimum absolute atomic E-state index is 0.405. The second-order valence-corrected chi connectivity index (χ2v) is 5.25. The van der Waals surface area contributed by atoms with E-state index in [1.165, 1.54) is 11.3 Å². The van der Waals surface area contributed by atoms with Crippen molar-refractivity contribution in [3.8, 4) is 0 Å². The van der Waals surface area contributed by atoms with Gasteiger partial charge in [0.2, 0.25) is 0 Å². The smallest absolute Gasteiger partial charge is 0.136 e. The van der Waals surface area contributed by atoms with Gasteiger partial charge in [0.25, 0.3) is 0 Å². The molecule has 0 aromatic heterocycles. The van der Waals surface area contributed by atoms with E-state index < -0.39 is 0 Å². The fraction of sp³-hybridized carbons (Fsp3) is 0.533. The molecule has 92 valence electrons. The molecule has 1 saturated heterocycles. The van der Waals surface area contributed by atoms with Crippen molar-refractivity contribution < 1.29 is 4.79 Å². The van der Waals surface area contributed by atoms with Crippen molar-refractivity contribution in [1.29, 1.82) is 0 Å². The molecule has 17 heavy (non-hydrogen) atoms. The highest BCUT2D eigenvalue weighted by atomic mass is 16.1. The molecule has 1 aliphatic rings. The number of carbonyl (C=O) groups is 1. The molecular formula is C15H21NO. The second-order valence-electron chi connectivity index (χ2n) is 5.25. The largest absolute Gasteiger partial charge is 0.370 e. The summed E-state index contributed by atoms with van der Waals surface area (Å²) in [4.78, 5) is 13.6. The quantitative estimate of drug-likeness (QED) is 0.797. The SMILES string of the molecule is CC(C)Cc1ccccc1N1CCC(=O)CC1. The van der Waals surface area contributed by atoms with Gasteiger partial charge in [0, 0.05) is 31.6 Å². The Balaban J connectivity index is 2.16. The lowest BCUT2D eigenvalue weighted by atomic mass is 9.99. The molecule has 0 N–H and O–H groups in total. The lowest BCUT2D eigenvalue weighted by Gasteiger charge is -2.30. The summed E-state index contributed by atoms with van der Waals surface area (Å²) in [5.74, 6) is 1.07. The van der Waals surface area contributed by atoms with Crippen molar-refractivity contribution in [2.45, 2.75) is 33.1 Å². The van der Waals surface area contributed by atoms with Crippen LogP contribution in [-0.4, -0.2) is 18.9 Å². The Bertz CT molecular complexity index is 388. The normalized spacial score (nSPS) is 16.6. The van der Waals surface area contributed by atoms with Crippen LogP contribution in [0.25, 0.3) is 0 Å². The molecule has 1 aromatic rings. The van der Waals surface area contributed by atoms with Gasteiger partial charge in [-0.05, 0) is 24.0 Å². The Kier molecular flexibility index (Phi) is 3.82. The number of carbonyl (C=O) groups excluding carboxylic acids is 1. The van der Waals surface area contributed by atoms with Crippen LogP contribution in [0.2, 0.25) is 0 Å². The van der Waals surface area contributed by atoms with Gasteiger partial charge in [-0.15, -0.1) is 0 Å². The molecule has 0 atom stereocenters. The minimum Gasteiger partial charge on any atom is -0.370 e. The maximum absolute atomic E-state index is 11.3. The van der Waals surface area contributed by atoms with Gasteiger partial charge in [-0.3, -0.25) is 4.79 Å². The van der Waals surface area contributed by atoms with E-state index >= 15 is 0 Å². The number of hydrogen-bond donors (Lipinski definition) is 0. The standard InChI is InChI=1S/C15H21NO/c1-12(2)11-13-5-3-4-6-15(13)16-9-7-14(17)8-10-16/h3-6,12H,7-11H2,1-2H3. The minimum atomic E-state index is 0.405. The molecule has 1 aromatic carbocycles. The van der Waals surface area contributed by atoms with Crippen molar-refractivity contribution >= 4 is 11.5 Å². The van der Waals surface area contributed by atoms with Crippen LogP contribution in [0, 0.1) is 5.92 Å². The monoisotopic (exact) mass is 231 g/mol. The topological polar surface area (TPSA) is 20.3 Å². The Labute approximate surface area is 104 Å². The van der Waals surface area contributed by atoms with Crippen molar-refractivity contribution in [1.82, 2.24) is 0 Å². The molecule has 1 aliphatic heterocycles. The maximum atomic E-state index is 11.3. The summed E-state index contributed by atoms with van der Waals surface area (Å²) < 4.78 is 0. The number of benzene rings is 1. The Morgan fingerprint density at radius 2 is 1.82 bits per heavy atom. The van der Waals surface area contributed by atoms with Gasteiger partial charge in [0.15, 0.2) is 0 Å². The fourth-order valence-electron chi connectivity index (χ4n) is 2.43. The van der Waals surface area contributed by atoms with E-state index in [1.54, 1.807) is 0 Å². The van der Waals surface area contributed by atoms with E-state index in [4.69, 9.17) is 0 Å². The van der Waals surface area contributed by atoms with E-state index in [9.17, 15) is 4.79 Å². The molecule has 0 spiro atoms. The fourth-order valence-corrected chi connectivity index (χ4v) is 2.43. The summed E-state index contributed by atoms with van der Waals surface area (Å²) >= 11 is 0. The number of anilines is 1. The second kappa shape index (κ2) is 5.35. The third-order valence-electron chi connectivity index (χ3n) is 3.28. The number of ketones is 1. The summed E-state index contributed by atoms with van der Waals surface area (Å²) in [5, 5.41) is 0. The van der Waals surface area contributed by atoms with E-state index in [2.05, 4.69) is 43.0 Å². The molecule has 1 heterocycles. The van der Waals surface area contributed by atoms with E-state index in [0.29, 0.717) is 24.5 Å². The number of rotatable bonds is 3. The molecule has 1 fully saturated rings. The highest BCUT2D eigenvalue weighted by molar-refractivity contribution is 5.81. The summed E-state index contributed by atoms with van der Waals surface area (Å²) in [6, 6.07) is 8.60. The van der Waals surface area contributed by atoms with E-state index in [1.807, 2.05) is 0 Å². The number of hydrogen-bond acceptors (Lipinski definition) is 2. The van der Waals surface area contributed by atoms with Crippen LogP contribution >= 0.6 is 0 Å². The maximum Gasteiger partial charge on any atom is 0.136 e. The number of piperidine rings is 1. The van der Waals surface area contributed by atoms with Crippen LogP contribution in [0.3, 0.4) is 0 Å². The van der Waals surface area contributed by atoms with Crippen molar-refractivity contribution in [2.75, 3.05) is 18.0 Å². The van der Waals surface area contributed by atoms with Crippen molar-refractivity contribution in [3.05, 3.63) is 29.8 Å². The van der Waals surface area contributed by atoms with Gasteiger partial charge in [-0.25, -0.2) is 0 Å². The number of Topliss-reactive ketones (excluding diaryl/α,β-unsaturated/α-hetero) is 1. The van der Waals surface area contributed by atoms with Crippen LogP contribution < -0.4 is 4.90 Å². The third-order valence-corrected chi connectivity index (χ3v) is 3.28. The number of nitrogens with zero attached hydrogens (tertiary/aromatic N) is 1. The van der Waals surface area contributed by atoms with Gasteiger partial charge in [-0.2, -0.15) is 0 Å². The van der Waals surface area contributed by atoms with E-state index in [0.717, 1.165) is 19.5 Å². The Hall–Kier alpha value is -1.31. The third kappa shape index (κ3) is 3.09. The molecule has 2 nitrogen and oxygen atoms in total. The Morgan fingerprint density at radius 1 is 1.18 bits per heavy atom. The number of para-hydroxylation sites is 1. The van der Waals surface area contributed by atoms with Crippen LogP contribution in [0.15, 0.2) is 24.3 Å². The van der Waals surface area contributed by atoms with Crippen molar-refractivity contribution in [3.63, 3.8) is 0 Å². The molecule has 0 aliphatic carbocycles. The van der Waals surface area contributed by atoms with Crippen LogP contribution in [-0.2, 0) is 11.2 Å². The van der Waals surface area contributed by atoms with Crippen LogP contribution in [0.1, 0.15) is 32.3 Å². The molecule has 0 saturated carbocycles.